The van der Waals surface area contributed by atoms with Crippen LogP contribution in [0.4, 0.5) is 8.78 Å². The maximum Gasteiger partial charge on any atom is -1.00 e. The molecule has 8 rings (SSSR count). The van der Waals surface area contributed by atoms with Crippen molar-refractivity contribution >= 4 is 15.4 Å². The van der Waals surface area contributed by atoms with Gasteiger partial charge in [-0.05, 0) is 45.9 Å². The molecule has 0 aliphatic heterocycles. The molecular formula is C43H38Cl2F2Zr-2. The van der Waals surface area contributed by atoms with E-state index in [1.54, 1.807) is 24.3 Å². The molecule has 0 amide bonds. The summed E-state index contributed by atoms with van der Waals surface area (Å²) in [6.45, 7) is 13.3. The summed E-state index contributed by atoms with van der Waals surface area (Å²) < 4.78 is 26.6. The molecule has 0 unspecified atom stereocenters. The van der Waals surface area contributed by atoms with Crippen molar-refractivity contribution in [2.75, 3.05) is 0 Å². The van der Waals surface area contributed by atoms with E-state index in [0.29, 0.717) is 0 Å². The molecule has 3 aliphatic carbocycles. The Kier molecular flexibility index (Phi) is 11.6. The van der Waals surface area contributed by atoms with Gasteiger partial charge in [0.1, 0.15) is 0 Å². The Balaban J connectivity index is 0.000000182. The predicted molar refractivity (Wildman–Crippen MR) is 185 cm³/mol. The summed E-state index contributed by atoms with van der Waals surface area (Å²) in [7, 11) is 0. The van der Waals surface area contributed by atoms with Gasteiger partial charge in [0.15, 0.2) is 0 Å². The van der Waals surface area contributed by atoms with Crippen LogP contribution in [0.3, 0.4) is 0 Å². The van der Waals surface area contributed by atoms with E-state index in [9.17, 15) is 8.78 Å². The minimum atomic E-state index is -0.244. The number of hydrogen-bond acceptors (Lipinski definition) is 0. The summed E-state index contributed by atoms with van der Waals surface area (Å²) >= 11 is 1.22. The molecule has 0 radical (unpaired) electrons. The van der Waals surface area contributed by atoms with Crippen molar-refractivity contribution in [1.82, 2.24) is 0 Å². The second kappa shape index (κ2) is 14.8. The molecule has 0 heterocycles. The summed E-state index contributed by atoms with van der Waals surface area (Å²) in [5.41, 5.74) is 16.4. The number of rotatable bonds is 2. The fraction of sp³-hybridized carbons (Fsp3) is 0.209. The first-order chi connectivity index (χ1) is 21.8. The number of allylic oxidation sites excluding steroid dienone is 2. The van der Waals surface area contributed by atoms with Gasteiger partial charge in [-0.25, -0.2) is 17.7 Å². The topological polar surface area (TPSA) is 0 Å². The average Bonchev–Trinajstić information content (AvgIpc) is 3.75. The normalized spacial score (nSPS) is 14.5. The second-order valence-electron chi connectivity index (χ2n) is 13.7. The third-order valence-corrected chi connectivity index (χ3v) is 10.6. The minimum Gasteiger partial charge on any atom is -1.00 e. The van der Waals surface area contributed by atoms with Gasteiger partial charge in [-0.2, -0.15) is 23.3 Å². The molecule has 0 fully saturated rings. The molecule has 0 aromatic heterocycles. The van der Waals surface area contributed by atoms with Crippen molar-refractivity contribution in [1.29, 1.82) is 0 Å². The molecule has 0 N–H and O–H groups in total. The Bertz CT molecular complexity index is 1870. The van der Waals surface area contributed by atoms with E-state index >= 15 is 0 Å². The predicted octanol–water partition coefficient (Wildman–Crippen LogP) is 4.78. The number of halogens is 4. The van der Waals surface area contributed by atoms with Gasteiger partial charge in [-0.3, -0.25) is 6.08 Å². The molecule has 48 heavy (non-hydrogen) atoms. The molecule has 0 spiro atoms. The molecule has 0 bridgehead atoms. The minimum absolute atomic E-state index is 0. The Labute approximate surface area is 311 Å². The first-order valence-corrected chi connectivity index (χ1v) is 17.0. The van der Waals surface area contributed by atoms with Gasteiger partial charge in [0, 0.05) is 5.41 Å². The zero-order valence-corrected chi connectivity index (χ0v) is 32.1. The third kappa shape index (κ3) is 7.86. The van der Waals surface area contributed by atoms with E-state index in [0.717, 1.165) is 20.8 Å². The largest absolute Gasteiger partial charge is 1.00 e. The molecule has 5 aromatic carbocycles. The monoisotopic (exact) mass is 752 g/mol. The van der Waals surface area contributed by atoms with Gasteiger partial charge in [-0.1, -0.05) is 71.2 Å². The van der Waals surface area contributed by atoms with Gasteiger partial charge in [0.05, 0.1) is 0 Å². The quantitative estimate of drug-likeness (QED) is 0.224. The fourth-order valence-electron chi connectivity index (χ4n) is 6.52. The molecular weight excluding hydrogens is 717 g/mol. The molecule has 0 saturated heterocycles. The SMILES string of the molecule is CC1(C)[C-]=Cc2cc3c(cc21)Cc1cc2c(cc1-3)C=CC2(C)C.Cc1c[cH-]c(C)c1.Fc1ccc([C](=[Zr+2])c2ccc(F)cc2)cc1.[Cl-].[Cl-]. The smallest absolute Gasteiger partial charge is 1.00 e. The van der Waals surface area contributed by atoms with Crippen LogP contribution in [0.2, 0.25) is 0 Å². The Morgan fingerprint density at radius 2 is 1.25 bits per heavy atom. The number of aryl methyl sites for hydroxylation is 2. The van der Waals surface area contributed by atoms with E-state index in [4.69, 9.17) is 0 Å². The molecule has 3 aliphatic rings. The number of hydrogen-bond donors (Lipinski definition) is 0. The van der Waals surface area contributed by atoms with Gasteiger partial charge < -0.3 is 24.8 Å². The van der Waals surface area contributed by atoms with Crippen LogP contribution in [0, 0.1) is 31.6 Å². The van der Waals surface area contributed by atoms with E-state index in [2.05, 4.69) is 108 Å². The summed E-state index contributed by atoms with van der Waals surface area (Å²) in [6, 6.07) is 28.8. The summed E-state index contributed by atoms with van der Waals surface area (Å²) in [5.74, 6) is -0.488. The van der Waals surface area contributed by atoms with Crippen molar-refractivity contribution in [2.24, 2.45) is 0 Å². The first kappa shape index (κ1) is 37.7. The van der Waals surface area contributed by atoms with Gasteiger partial charge in [0.2, 0.25) is 0 Å². The zero-order valence-electron chi connectivity index (χ0n) is 28.1. The van der Waals surface area contributed by atoms with Gasteiger partial charge in [-0.15, -0.1) is 11.6 Å². The van der Waals surface area contributed by atoms with Crippen molar-refractivity contribution in [3.8, 4) is 11.1 Å². The standard InChI is InChI=1S/C23H21.C13H8F2.C7H9.2ClH.Zr/c1-22(2)7-5-14-10-18-16(12-20(14)22)9-17-13-21-15(11-19(17)18)6-8-23(21,3)4;14-12-5-1-10(2-6-12)9-11-3-7-13(15)8-4-11;1-6-3-4-7(2)5-6;;;/h5-7,10-13H,9H2,1-4H3;1-8H;3-5H,1-2H3;2*1H;/q-1;;-1;;;+2/p-2. The summed E-state index contributed by atoms with van der Waals surface area (Å²) in [6.07, 6.45) is 11.4. The van der Waals surface area contributed by atoms with Crippen molar-refractivity contribution < 1.29 is 57.8 Å². The zero-order chi connectivity index (χ0) is 32.8. The van der Waals surface area contributed by atoms with Crippen LogP contribution in [-0.2, 0) is 41.5 Å². The maximum atomic E-state index is 12.8. The Morgan fingerprint density at radius 1 is 0.729 bits per heavy atom. The van der Waals surface area contributed by atoms with Crippen LogP contribution >= 0.6 is 0 Å². The van der Waals surface area contributed by atoms with Crippen LogP contribution in [0.1, 0.15) is 83.3 Å². The van der Waals surface area contributed by atoms with Crippen molar-refractivity contribution in [3.05, 3.63) is 170 Å². The van der Waals surface area contributed by atoms with Crippen LogP contribution in [-0.4, -0.2) is 3.21 Å². The van der Waals surface area contributed by atoms with Crippen LogP contribution in [0.25, 0.3) is 23.3 Å². The van der Waals surface area contributed by atoms with Gasteiger partial charge >= 0.3 is 108 Å². The summed E-state index contributed by atoms with van der Waals surface area (Å²) in [4.78, 5) is 0. The Hall–Kier alpha value is -3.10. The molecule has 244 valence electrons. The molecule has 0 nitrogen and oxygen atoms in total. The number of fused-ring (bicyclic) bond motifs is 5. The van der Waals surface area contributed by atoms with Crippen LogP contribution in [0.15, 0.2) is 97.1 Å². The van der Waals surface area contributed by atoms with Crippen LogP contribution < -0.4 is 24.8 Å². The molecule has 0 saturated carbocycles. The second-order valence-corrected chi connectivity index (χ2v) is 14.9. The van der Waals surface area contributed by atoms with E-state index in [1.807, 2.05) is 0 Å². The van der Waals surface area contributed by atoms with E-state index in [-0.39, 0.29) is 47.3 Å². The molecule has 0 atom stereocenters. The molecule has 5 heteroatoms. The van der Waals surface area contributed by atoms with E-state index in [1.165, 1.54) is 104 Å². The first-order valence-electron chi connectivity index (χ1n) is 15.8. The Morgan fingerprint density at radius 3 is 1.73 bits per heavy atom. The molecule has 5 aromatic rings. The maximum absolute atomic E-state index is 12.8. The average molecular weight is 755 g/mol. The van der Waals surface area contributed by atoms with E-state index < -0.39 is 0 Å². The fourth-order valence-corrected chi connectivity index (χ4v) is 7.34. The van der Waals surface area contributed by atoms with Crippen molar-refractivity contribution in [3.63, 3.8) is 0 Å². The van der Waals surface area contributed by atoms with Gasteiger partial charge in [0.25, 0.3) is 0 Å². The summed E-state index contributed by atoms with van der Waals surface area (Å²) in [5, 5.41) is 0. The van der Waals surface area contributed by atoms with Crippen LogP contribution in [0.5, 0.6) is 0 Å². The van der Waals surface area contributed by atoms with Crippen molar-refractivity contribution in [2.45, 2.75) is 58.8 Å². The third-order valence-electron chi connectivity index (χ3n) is 9.19. The number of benzene rings is 4.